The van der Waals surface area contributed by atoms with Crippen molar-refractivity contribution in [2.75, 3.05) is 29.5 Å². The van der Waals surface area contributed by atoms with E-state index in [1.165, 1.54) is 17.0 Å². The normalized spacial score (nSPS) is 19.0. The second-order valence-corrected chi connectivity index (χ2v) is 9.45. The first kappa shape index (κ1) is 24.7. The van der Waals surface area contributed by atoms with E-state index in [0.717, 1.165) is 31.6 Å². The summed E-state index contributed by atoms with van der Waals surface area (Å²) in [7, 11) is 0. The first-order valence-electron chi connectivity index (χ1n) is 12.3. The molecule has 7 nitrogen and oxygen atoms in total. The molecule has 2 aliphatic rings. The van der Waals surface area contributed by atoms with Crippen LogP contribution >= 0.6 is 11.6 Å². The van der Waals surface area contributed by atoms with Crippen molar-refractivity contribution in [3.05, 3.63) is 88.5 Å². The van der Waals surface area contributed by atoms with E-state index in [-0.39, 0.29) is 27.7 Å². The monoisotopic (exact) mass is 518 g/mol. The summed E-state index contributed by atoms with van der Waals surface area (Å²) in [5.41, 5.74) is 2.24. The Kier molecular flexibility index (Phi) is 6.80. The van der Waals surface area contributed by atoms with Gasteiger partial charge in [0.25, 0.3) is 11.7 Å². The number of aliphatic hydroxyl groups is 1. The Morgan fingerprint density at radius 2 is 1.62 bits per heavy atom. The minimum absolute atomic E-state index is 0.0446. The topological polar surface area (TPSA) is 90.3 Å². The number of amides is 1. The highest BCUT2D eigenvalue weighted by atomic mass is 35.5. The molecule has 2 heterocycles. The number of aromatic hydroxyl groups is 1. The summed E-state index contributed by atoms with van der Waals surface area (Å²) in [5.74, 6) is -1.45. The quantitative estimate of drug-likeness (QED) is 0.248. The predicted octanol–water partition coefficient (Wildman–Crippen LogP) is 5.67. The average molecular weight is 519 g/mol. The summed E-state index contributed by atoms with van der Waals surface area (Å²) in [6.45, 7) is 4.21. The molecule has 1 unspecified atom stereocenters. The van der Waals surface area contributed by atoms with E-state index in [9.17, 15) is 19.8 Å². The minimum atomic E-state index is -0.926. The van der Waals surface area contributed by atoms with E-state index >= 15 is 0 Å². The second-order valence-electron chi connectivity index (χ2n) is 9.05. The van der Waals surface area contributed by atoms with Crippen molar-refractivity contribution in [3.63, 3.8) is 0 Å². The van der Waals surface area contributed by atoms with Gasteiger partial charge in [-0.1, -0.05) is 23.7 Å². The minimum Gasteiger partial charge on any atom is -0.508 e. The van der Waals surface area contributed by atoms with Gasteiger partial charge in [0.05, 0.1) is 23.2 Å². The lowest BCUT2D eigenvalue weighted by Crippen LogP contribution is -2.29. The van der Waals surface area contributed by atoms with E-state index in [2.05, 4.69) is 4.90 Å². The van der Waals surface area contributed by atoms with E-state index in [1.807, 2.05) is 31.2 Å². The zero-order valence-corrected chi connectivity index (χ0v) is 21.1. The van der Waals surface area contributed by atoms with Crippen LogP contribution in [0.2, 0.25) is 5.02 Å². The molecule has 8 heteroatoms. The maximum Gasteiger partial charge on any atom is 0.300 e. The fraction of sp³-hybridized carbons (Fsp3) is 0.241. The smallest absolute Gasteiger partial charge is 0.300 e. The first-order chi connectivity index (χ1) is 17.9. The van der Waals surface area contributed by atoms with Gasteiger partial charge in [-0.3, -0.25) is 14.5 Å². The van der Waals surface area contributed by atoms with Gasteiger partial charge < -0.3 is 19.8 Å². The number of anilines is 2. The van der Waals surface area contributed by atoms with Gasteiger partial charge in [0.2, 0.25) is 0 Å². The lowest BCUT2D eigenvalue weighted by Gasteiger charge is -2.26. The molecule has 2 aliphatic heterocycles. The molecule has 0 aliphatic carbocycles. The van der Waals surface area contributed by atoms with E-state index < -0.39 is 17.7 Å². The number of ketones is 1. The number of carbonyl (C=O) groups is 2. The van der Waals surface area contributed by atoms with Gasteiger partial charge in [-0.2, -0.15) is 0 Å². The van der Waals surface area contributed by atoms with Crippen molar-refractivity contribution >= 4 is 40.4 Å². The molecular weight excluding hydrogens is 492 g/mol. The standard InChI is InChI=1S/C29H27ClN2O5/c1-2-37-22-13-14-24(30)23(17-22)27(34)25-26(18-5-11-21(33)12-6-18)32(29(36)28(25)35)20-9-7-19(8-10-20)31-15-3-4-16-31/h5-14,17,26,33-34H,2-4,15-16H2,1H3/b27-25+. The third kappa shape index (κ3) is 4.62. The molecular formula is C29H27ClN2O5. The number of hydrogen-bond acceptors (Lipinski definition) is 6. The summed E-state index contributed by atoms with van der Waals surface area (Å²) in [4.78, 5) is 30.5. The highest BCUT2D eigenvalue weighted by molar-refractivity contribution is 6.52. The zero-order valence-electron chi connectivity index (χ0n) is 20.4. The van der Waals surface area contributed by atoms with E-state index in [0.29, 0.717) is 23.6 Å². The Labute approximate surface area is 220 Å². The number of Topliss-reactive ketones (excluding diaryl/α,β-unsaturated/α-hetero) is 1. The maximum absolute atomic E-state index is 13.4. The van der Waals surface area contributed by atoms with E-state index in [1.54, 1.807) is 30.3 Å². The van der Waals surface area contributed by atoms with Crippen molar-refractivity contribution in [2.24, 2.45) is 0 Å². The van der Waals surface area contributed by atoms with Gasteiger partial charge in [0.1, 0.15) is 17.3 Å². The number of phenols is 1. The second kappa shape index (κ2) is 10.2. The van der Waals surface area contributed by atoms with Crippen molar-refractivity contribution in [1.29, 1.82) is 0 Å². The molecule has 5 rings (SSSR count). The zero-order chi connectivity index (χ0) is 26.1. The third-order valence-corrected chi connectivity index (χ3v) is 7.09. The number of ether oxygens (including phenoxy) is 1. The largest absolute Gasteiger partial charge is 0.508 e. The van der Waals surface area contributed by atoms with Gasteiger partial charge in [-0.15, -0.1) is 0 Å². The fourth-order valence-corrected chi connectivity index (χ4v) is 5.16. The molecule has 0 radical (unpaired) electrons. The van der Waals surface area contributed by atoms with Gasteiger partial charge in [0.15, 0.2) is 0 Å². The van der Waals surface area contributed by atoms with Gasteiger partial charge in [-0.05, 0) is 79.9 Å². The molecule has 1 amide bonds. The Bertz CT molecular complexity index is 1360. The summed E-state index contributed by atoms with van der Waals surface area (Å²) in [6.07, 6.45) is 2.29. The van der Waals surface area contributed by atoms with Crippen LogP contribution in [0.3, 0.4) is 0 Å². The number of phenolic OH excluding ortho intramolecular Hbond substituents is 1. The molecule has 2 fully saturated rings. The molecule has 37 heavy (non-hydrogen) atoms. The molecule has 0 aromatic heterocycles. The number of carbonyl (C=O) groups excluding carboxylic acids is 2. The summed E-state index contributed by atoms with van der Waals surface area (Å²) < 4.78 is 5.54. The Morgan fingerprint density at radius 1 is 0.973 bits per heavy atom. The van der Waals surface area contributed by atoms with Crippen molar-refractivity contribution < 1.29 is 24.5 Å². The van der Waals surface area contributed by atoms with Crippen LogP contribution in [0.4, 0.5) is 11.4 Å². The highest BCUT2D eigenvalue weighted by Gasteiger charge is 2.47. The highest BCUT2D eigenvalue weighted by Crippen LogP contribution is 2.44. The molecule has 0 saturated carbocycles. The number of hydrogen-bond donors (Lipinski definition) is 2. The van der Waals surface area contributed by atoms with Crippen LogP contribution in [0.15, 0.2) is 72.3 Å². The predicted molar refractivity (Wildman–Crippen MR) is 143 cm³/mol. The number of halogens is 1. The SMILES string of the molecule is CCOc1ccc(Cl)c(/C(O)=C2\C(=O)C(=O)N(c3ccc(N4CCCC4)cc3)C2c2ccc(O)cc2)c1. The van der Waals surface area contributed by atoms with Crippen LogP contribution in [-0.4, -0.2) is 41.6 Å². The lowest BCUT2D eigenvalue weighted by atomic mass is 9.95. The fourth-order valence-electron chi connectivity index (χ4n) is 4.96. The molecule has 3 aromatic carbocycles. The molecule has 2 N–H and O–H groups in total. The maximum atomic E-state index is 13.4. The van der Waals surface area contributed by atoms with Crippen LogP contribution in [0.25, 0.3) is 5.76 Å². The summed E-state index contributed by atoms with van der Waals surface area (Å²) >= 11 is 6.40. The number of benzene rings is 3. The molecule has 2 saturated heterocycles. The van der Waals surface area contributed by atoms with Crippen LogP contribution in [-0.2, 0) is 9.59 Å². The molecule has 190 valence electrons. The van der Waals surface area contributed by atoms with Crippen LogP contribution < -0.4 is 14.5 Å². The first-order valence-corrected chi connectivity index (χ1v) is 12.6. The number of nitrogens with zero attached hydrogens (tertiary/aromatic N) is 2. The Balaban J connectivity index is 1.64. The Morgan fingerprint density at radius 3 is 2.27 bits per heavy atom. The Hall–Kier alpha value is -3.97. The van der Waals surface area contributed by atoms with Gasteiger partial charge >= 0.3 is 0 Å². The number of aliphatic hydroxyl groups excluding tert-OH is 1. The van der Waals surface area contributed by atoms with Crippen LogP contribution in [0, 0.1) is 0 Å². The van der Waals surface area contributed by atoms with Crippen LogP contribution in [0.1, 0.15) is 36.9 Å². The summed E-state index contributed by atoms with van der Waals surface area (Å²) in [5, 5.41) is 21.5. The lowest BCUT2D eigenvalue weighted by molar-refractivity contribution is -0.132. The van der Waals surface area contributed by atoms with Crippen molar-refractivity contribution in [2.45, 2.75) is 25.8 Å². The van der Waals surface area contributed by atoms with Crippen molar-refractivity contribution in [3.8, 4) is 11.5 Å². The van der Waals surface area contributed by atoms with Gasteiger partial charge in [0, 0.05) is 30.0 Å². The summed E-state index contributed by atoms with van der Waals surface area (Å²) in [6, 6.07) is 17.6. The van der Waals surface area contributed by atoms with Crippen molar-refractivity contribution in [1.82, 2.24) is 0 Å². The molecule has 0 spiro atoms. The number of rotatable bonds is 6. The van der Waals surface area contributed by atoms with Gasteiger partial charge in [-0.25, -0.2) is 0 Å². The third-order valence-electron chi connectivity index (χ3n) is 6.76. The van der Waals surface area contributed by atoms with Crippen LogP contribution in [0.5, 0.6) is 11.5 Å². The molecule has 0 bridgehead atoms. The molecule has 1 atom stereocenters. The average Bonchev–Trinajstić information content (AvgIpc) is 3.53. The molecule has 3 aromatic rings. The van der Waals surface area contributed by atoms with E-state index in [4.69, 9.17) is 16.3 Å².